The number of hydrogen-bond donors (Lipinski definition) is 0. The molecule has 1 fully saturated rings. The van der Waals surface area contributed by atoms with Crippen molar-refractivity contribution in [3.63, 3.8) is 0 Å². The Morgan fingerprint density at radius 1 is 1.62 bits per heavy atom. The largest absolute Gasteiger partial charge is 0.106 e. The van der Waals surface area contributed by atoms with Crippen LogP contribution < -0.4 is 0 Å². The van der Waals surface area contributed by atoms with Crippen molar-refractivity contribution in [3.05, 3.63) is 0 Å². The zero-order valence-electron chi connectivity index (χ0n) is 4.93. The topological polar surface area (TPSA) is 0 Å². The van der Waals surface area contributed by atoms with Crippen molar-refractivity contribution in [1.29, 1.82) is 0 Å². The average molecular weight is 164 g/mol. The second-order valence-electron chi connectivity index (χ2n) is 2.40. The maximum atomic E-state index is 4.99. The standard InChI is InChI=1S/C5H8S3/c1-5(2)3-7-4(6)8-5/h3H2,1-2H3. The quantitative estimate of drug-likeness (QED) is 0.505. The van der Waals surface area contributed by atoms with Gasteiger partial charge < -0.3 is 0 Å². The molecule has 0 bridgehead atoms. The van der Waals surface area contributed by atoms with E-state index in [4.69, 9.17) is 12.2 Å². The Kier molecular flexibility index (Phi) is 1.89. The molecule has 1 aliphatic heterocycles. The molecule has 0 aromatic rings. The van der Waals surface area contributed by atoms with E-state index < -0.39 is 0 Å². The van der Waals surface area contributed by atoms with Crippen LogP contribution in [-0.4, -0.2) is 14.0 Å². The first-order chi connectivity index (χ1) is 3.60. The van der Waals surface area contributed by atoms with Crippen LogP contribution in [0, 0.1) is 0 Å². The maximum Gasteiger partial charge on any atom is 0.104 e. The second-order valence-corrected chi connectivity index (χ2v) is 6.29. The molecule has 1 rings (SSSR count). The Morgan fingerprint density at radius 2 is 2.25 bits per heavy atom. The molecule has 46 valence electrons. The summed E-state index contributed by atoms with van der Waals surface area (Å²) in [7, 11) is 0. The molecule has 0 radical (unpaired) electrons. The Balaban J connectivity index is 2.56. The normalized spacial score (nSPS) is 26.5. The molecule has 0 nitrogen and oxygen atoms in total. The first-order valence-electron chi connectivity index (χ1n) is 2.46. The van der Waals surface area contributed by atoms with Crippen LogP contribution >= 0.6 is 35.7 Å². The summed E-state index contributed by atoms with van der Waals surface area (Å²) in [6.45, 7) is 4.45. The van der Waals surface area contributed by atoms with Gasteiger partial charge in [0.25, 0.3) is 0 Å². The van der Waals surface area contributed by atoms with Gasteiger partial charge in [-0.15, -0.1) is 23.5 Å². The minimum absolute atomic E-state index is 0.405. The van der Waals surface area contributed by atoms with Crippen LogP contribution in [0.3, 0.4) is 0 Å². The van der Waals surface area contributed by atoms with Gasteiger partial charge >= 0.3 is 0 Å². The van der Waals surface area contributed by atoms with Crippen molar-refractivity contribution in [2.45, 2.75) is 18.6 Å². The van der Waals surface area contributed by atoms with E-state index in [1.165, 1.54) is 5.75 Å². The molecule has 1 heterocycles. The fourth-order valence-electron chi connectivity index (χ4n) is 0.517. The van der Waals surface area contributed by atoms with Crippen LogP contribution in [0.15, 0.2) is 0 Å². The van der Waals surface area contributed by atoms with Gasteiger partial charge in [0, 0.05) is 10.5 Å². The van der Waals surface area contributed by atoms with Gasteiger partial charge in [-0.1, -0.05) is 12.2 Å². The molecule has 0 spiro atoms. The predicted octanol–water partition coefficient (Wildman–Crippen LogP) is 2.53. The van der Waals surface area contributed by atoms with Gasteiger partial charge in [-0.2, -0.15) is 0 Å². The Hall–Kier alpha value is 0.790. The van der Waals surface area contributed by atoms with E-state index in [1.807, 2.05) is 11.8 Å². The third-order valence-electron chi connectivity index (χ3n) is 0.897. The van der Waals surface area contributed by atoms with E-state index in [-0.39, 0.29) is 0 Å². The van der Waals surface area contributed by atoms with Crippen LogP contribution in [0.25, 0.3) is 0 Å². The second kappa shape index (κ2) is 2.20. The number of hydrogen-bond acceptors (Lipinski definition) is 3. The van der Waals surface area contributed by atoms with Crippen molar-refractivity contribution >= 4 is 39.3 Å². The van der Waals surface area contributed by atoms with Gasteiger partial charge in [-0.05, 0) is 13.8 Å². The van der Waals surface area contributed by atoms with E-state index in [0.29, 0.717) is 4.75 Å². The predicted molar refractivity (Wildman–Crippen MR) is 46.7 cm³/mol. The zero-order chi connectivity index (χ0) is 6.20. The summed E-state index contributed by atoms with van der Waals surface area (Å²) in [6, 6.07) is 0. The van der Waals surface area contributed by atoms with E-state index in [1.54, 1.807) is 11.8 Å². The third kappa shape index (κ3) is 1.64. The monoisotopic (exact) mass is 164 g/mol. The summed E-state index contributed by atoms with van der Waals surface area (Å²) in [6.07, 6.45) is 0. The summed E-state index contributed by atoms with van der Waals surface area (Å²) >= 11 is 8.61. The molecule has 0 N–H and O–H groups in total. The molecule has 8 heavy (non-hydrogen) atoms. The van der Waals surface area contributed by atoms with Crippen molar-refractivity contribution < 1.29 is 0 Å². The van der Waals surface area contributed by atoms with Gasteiger partial charge in [0.2, 0.25) is 0 Å². The molecular formula is C5H8S3. The zero-order valence-corrected chi connectivity index (χ0v) is 7.38. The van der Waals surface area contributed by atoms with Crippen LogP contribution in [0.5, 0.6) is 0 Å². The molecule has 0 amide bonds. The highest BCUT2D eigenvalue weighted by Gasteiger charge is 2.27. The summed E-state index contributed by atoms with van der Waals surface area (Å²) in [5, 5.41) is 0. The highest BCUT2D eigenvalue weighted by Crippen LogP contribution is 2.41. The van der Waals surface area contributed by atoms with Crippen LogP contribution in [-0.2, 0) is 0 Å². The van der Waals surface area contributed by atoms with Crippen LogP contribution in [0.1, 0.15) is 13.8 Å². The van der Waals surface area contributed by atoms with E-state index in [9.17, 15) is 0 Å². The smallest absolute Gasteiger partial charge is 0.104 e. The van der Waals surface area contributed by atoms with Gasteiger partial charge in [0.1, 0.15) is 3.53 Å². The van der Waals surface area contributed by atoms with Gasteiger partial charge in [0.05, 0.1) is 0 Å². The molecule has 0 aromatic carbocycles. The highest BCUT2D eigenvalue weighted by atomic mass is 32.2. The SMILES string of the molecule is CC1(C)CSC(=S)S1. The fraction of sp³-hybridized carbons (Fsp3) is 0.800. The molecule has 0 saturated carbocycles. The average Bonchev–Trinajstić information content (AvgIpc) is 1.82. The summed E-state index contributed by atoms with van der Waals surface area (Å²) in [5.41, 5.74) is 0. The van der Waals surface area contributed by atoms with Crippen LogP contribution in [0.4, 0.5) is 0 Å². The molecule has 0 aliphatic carbocycles. The van der Waals surface area contributed by atoms with E-state index in [0.717, 1.165) is 3.53 Å². The Morgan fingerprint density at radius 3 is 2.38 bits per heavy atom. The number of rotatable bonds is 0. The molecule has 1 saturated heterocycles. The maximum absolute atomic E-state index is 4.99. The molecule has 0 unspecified atom stereocenters. The van der Waals surface area contributed by atoms with Crippen molar-refractivity contribution in [2.24, 2.45) is 0 Å². The Bertz CT molecular complexity index is 117. The van der Waals surface area contributed by atoms with Crippen molar-refractivity contribution in [2.75, 3.05) is 5.75 Å². The molecule has 3 heteroatoms. The first kappa shape index (κ1) is 6.90. The fourth-order valence-corrected chi connectivity index (χ4v) is 3.79. The lowest BCUT2D eigenvalue weighted by Crippen LogP contribution is -2.11. The lowest BCUT2D eigenvalue weighted by Gasteiger charge is -2.11. The van der Waals surface area contributed by atoms with E-state index >= 15 is 0 Å². The van der Waals surface area contributed by atoms with Crippen molar-refractivity contribution in [1.82, 2.24) is 0 Å². The lowest BCUT2D eigenvalue weighted by molar-refractivity contribution is 0.828. The van der Waals surface area contributed by atoms with Crippen molar-refractivity contribution in [3.8, 4) is 0 Å². The number of thioether (sulfide) groups is 2. The minimum atomic E-state index is 0.405. The molecule has 1 aliphatic rings. The van der Waals surface area contributed by atoms with E-state index in [2.05, 4.69) is 13.8 Å². The third-order valence-corrected chi connectivity index (χ3v) is 4.25. The molecule has 0 atom stereocenters. The summed E-state index contributed by atoms with van der Waals surface area (Å²) in [4.78, 5) is 0. The summed E-state index contributed by atoms with van der Waals surface area (Å²) in [5.74, 6) is 1.18. The van der Waals surface area contributed by atoms with Crippen LogP contribution in [0.2, 0.25) is 0 Å². The van der Waals surface area contributed by atoms with Gasteiger partial charge in [0.15, 0.2) is 0 Å². The molecule has 0 aromatic heterocycles. The highest BCUT2D eigenvalue weighted by molar-refractivity contribution is 8.49. The minimum Gasteiger partial charge on any atom is -0.106 e. The summed E-state index contributed by atoms with van der Waals surface area (Å²) < 4.78 is 1.51. The van der Waals surface area contributed by atoms with Gasteiger partial charge in [-0.3, -0.25) is 0 Å². The van der Waals surface area contributed by atoms with Gasteiger partial charge in [-0.25, -0.2) is 0 Å². The lowest BCUT2D eigenvalue weighted by atomic mass is 10.2. The number of thiocarbonyl (C=S) groups is 1. The first-order valence-corrected chi connectivity index (χ1v) is 4.67. The molecular weight excluding hydrogens is 156 g/mol. The Labute approximate surface area is 63.8 Å².